The van der Waals surface area contributed by atoms with Crippen LogP contribution in [0.1, 0.15) is 69.4 Å². The lowest BCUT2D eigenvalue weighted by molar-refractivity contribution is -0.276. The molecule has 8 heteroatoms. The average Bonchev–Trinajstić information content (AvgIpc) is 3.46. The third kappa shape index (κ3) is 2.97. The molecule has 0 aromatic heterocycles. The summed E-state index contributed by atoms with van der Waals surface area (Å²) in [5.41, 5.74) is 1.95. The number of hydrogen-bond donors (Lipinski definition) is 2. The van der Waals surface area contributed by atoms with Gasteiger partial charge in [0.2, 0.25) is 11.8 Å². The molecule has 3 heterocycles. The molecule has 8 nitrogen and oxygen atoms in total. The Morgan fingerprint density at radius 2 is 2.03 bits per heavy atom. The zero-order valence-corrected chi connectivity index (χ0v) is 23.2. The average molecular weight is 536 g/mol. The van der Waals surface area contributed by atoms with E-state index in [9.17, 15) is 14.7 Å². The van der Waals surface area contributed by atoms with Crippen LogP contribution >= 0.6 is 0 Å². The Morgan fingerprint density at radius 1 is 1.18 bits per heavy atom. The maximum absolute atomic E-state index is 13.4. The maximum atomic E-state index is 13.4. The highest BCUT2D eigenvalue weighted by atomic mass is 16.6. The number of nitrogens with one attached hydrogen (secondary N) is 1. The molecule has 1 unspecified atom stereocenters. The summed E-state index contributed by atoms with van der Waals surface area (Å²) in [6, 6.07) is 4.03. The molecule has 39 heavy (non-hydrogen) atoms. The summed E-state index contributed by atoms with van der Waals surface area (Å²) in [5, 5.41) is 14.3. The molecule has 0 radical (unpaired) electrons. The Bertz CT molecular complexity index is 1250. The second-order valence-electron chi connectivity index (χ2n) is 13.7. The van der Waals surface area contributed by atoms with Gasteiger partial charge in [-0.05, 0) is 81.9 Å². The van der Waals surface area contributed by atoms with Gasteiger partial charge in [0.1, 0.15) is 17.7 Å². The smallest absolute Gasteiger partial charge is 0.242 e. The largest absolute Gasteiger partial charge is 0.504 e. The van der Waals surface area contributed by atoms with Gasteiger partial charge in [-0.3, -0.25) is 14.5 Å². The van der Waals surface area contributed by atoms with E-state index >= 15 is 0 Å². The number of nitrogens with zero attached hydrogens (tertiary/aromatic N) is 2. The lowest BCUT2D eigenvalue weighted by Crippen LogP contribution is -2.81. The quantitative estimate of drug-likeness (QED) is 0.582. The number of ether oxygens (including phenoxy) is 2. The van der Waals surface area contributed by atoms with Gasteiger partial charge in [-0.1, -0.05) is 6.07 Å². The molecule has 4 saturated carbocycles. The number of methoxy groups -OCH3 is 1. The first-order valence-corrected chi connectivity index (χ1v) is 15.2. The third-order valence-corrected chi connectivity index (χ3v) is 12.3. The molecule has 4 bridgehead atoms. The SMILES string of the molecule is CO[C@]12CC[C@@]3(C[C@@H]1CNC(=O)C1CCCN1C(C)=O)[C@H]1Cc4ccc(O)c5c4[C@@]3(CCN1CC1CC1)[C@H]2O5. The van der Waals surface area contributed by atoms with E-state index in [0.29, 0.717) is 24.9 Å². The van der Waals surface area contributed by atoms with Gasteiger partial charge < -0.3 is 24.8 Å². The fourth-order valence-electron chi connectivity index (χ4n) is 10.5. The highest BCUT2D eigenvalue weighted by Crippen LogP contribution is 2.76. The Balaban J connectivity index is 1.18. The van der Waals surface area contributed by atoms with Crippen LogP contribution in [0.25, 0.3) is 0 Å². The Kier molecular flexibility index (Phi) is 5.10. The molecule has 1 aromatic carbocycles. The number of piperidine rings is 1. The summed E-state index contributed by atoms with van der Waals surface area (Å²) in [7, 11) is 1.81. The van der Waals surface area contributed by atoms with Crippen LogP contribution in [0, 0.1) is 17.3 Å². The molecule has 3 aliphatic heterocycles. The summed E-state index contributed by atoms with van der Waals surface area (Å²) >= 11 is 0. The van der Waals surface area contributed by atoms with Gasteiger partial charge in [0.25, 0.3) is 0 Å². The summed E-state index contributed by atoms with van der Waals surface area (Å²) in [6.07, 6.45) is 9.13. The third-order valence-electron chi connectivity index (χ3n) is 12.3. The standard InChI is InChI=1S/C31H41N3O5/c1-18(35)34-12-3-4-22(34)27(37)32-16-21-15-29-9-10-31(21,38-2)28-30(29)11-13-33(17-19-5-6-19)24(29)14-20-7-8-23(36)26(39-28)25(20)30/h7-8,19,21-22,24,28,36H,3-6,9-17H2,1-2H3,(H,32,37)/t21-,22?,24-,28-,29-,30+,31-/m1/s1. The minimum atomic E-state index is -0.533. The van der Waals surface area contributed by atoms with Crippen LogP contribution in [-0.2, 0) is 26.2 Å². The number of rotatable bonds is 6. The summed E-state index contributed by atoms with van der Waals surface area (Å²) in [6.45, 7) is 4.99. The zero-order chi connectivity index (χ0) is 26.7. The van der Waals surface area contributed by atoms with Crippen molar-refractivity contribution in [3.05, 3.63) is 23.3 Å². The molecule has 5 aliphatic carbocycles. The van der Waals surface area contributed by atoms with E-state index in [4.69, 9.17) is 9.47 Å². The van der Waals surface area contributed by atoms with E-state index in [1.165, 1.54) is 30.5 Å². The van der Waals surface area contributed by atoms with Crippen LogP contribution in [0.2, 0.25) is 0 Å². The number of amides is 2. The molecule has 2 amide bonds. The summed E-state index contributed by atoms with van der Waals surface area (Å²) in [4.78, 5) is 30.0. The van der Waals surface area contributed by atoms with Crippen molar-refractivity contribution in [3.8, 4) is 11.5 Å². The summed E-state index contributed by atoms with van der Waals surface area (Å²) < 4.78 is 13.4. The van der Waals surface area contributed by atoms with Crippen molar-refractivity contribution < 1.29 is 24.2 Å². The second kappa shape index (κ2) is 8.12. The van der Waals surface area contributed by atoms with Gasteiger partial charge in [0.05, 0.1) is 0 Å². The number of carbonyl (C=O) groups excluding carboxylic acids is 2. The highest BCUT2D eigenvalue weighted by Gasteiger charge is 2.80. The number of likely N-dealkylation sites (tertiary alicyclic amines) is 2. The van der Waals surface area contributed by atoms with Crippen molar-refractivity contribution in [2.24, 2.45) is 17.3 Å². The topological polar surface area (TPSA) is 91.3 Å². The fraction of sp³-hybridized carbons (Fsp3) is 0.742. The molecule has 2 spiro atoms. The molecule has 210 valence electrons. The Morgan fingerprint density at radius 3 is 2.79 bits per heavy atom. The van der Waals surface area contributed by atoms with Gasteiger partial charge >= 0.3 is 0 Å². The van der Waals surface area contributed by atoms with Crippen LogP contribution < -0.4 is 10.1 Å². The number of fused-ring (bicyclic) bond motifs is 2. The van der Waals surface area contributed by atoms with Gasteiger partial charge in [-0.15, -0.1) is 0 Å². The first-order chi connectivity index (χ1) is 18.8. The zero-order valence-electron chi connectivity index (χ0n) is 23.2. The highest BCUT2D eigenvalue weighted by molar-refractivity contribution is 5.87. The van der Waals surface area contributed by atoms with Crippen LogP contribution in [-0.4, -0.2) is 83.8 Å². The molecule has 8 aliphatic rings. The van der Waals surface area contributed by atoms with Gasteiger partial charge in [0.15, 0.2) is 11.5 Å². The molecular formula is C31H41N3O5. The van der Waals surface area contributed by atoms with Gasteiger partial charge in [-0.2, -0.15) is 0 Å². The van der Waals surface area contributed by atoms with Crippen molar-refractivity contribution in [1.29, 1.82) is 0 Å². The van der Waals surface area contributed by atoms with E-state index in [1.54, 1.807) is 11.8 Å². The molecule has 1 aromatic rings. The lowest BCUT2D eigenvalue weighted by Gasteiger charge is -2.74. The predicted molar refractivity (Wildman–Crippen MR) is 144 cm³/mol. The van der Waals surface area contributed by atoms with Crippen molar-refractivity contribution in [3.63, 3.8) is 0 Å². The number of benzene rings is 1. The number of carbonyl (C=O) groups is 2. The minimum Gasteiger partial charge on any atom is -0.504 e. The van der Waals surface area contributed by atoms with E-state index in [2.05, 4.69) is 16.3 Å². The minimum absolute atomic E-state index is 0.0305. The number of hydrogen-bond acceptors (Lipinski definition) is 6. The normalized spacial score (nSPS) is 41.3. The van der Waals surface area contributed by atoms with Gasteiger partial charge in [0, 0.05) is 62.0 Å². The molecule has 9 rings (SSSR count). The van der Waals surface area contributed by atoms with Crippen molar-refractivity contribution in [2.45, 2.75) is 93.9 Å². The van der Waals surface area contributed by atoms with Crippen LogP contribution in [0.3, 0.4) is 0 Å². The van der Waals surface area contributed by atoms with Crippen LogP contribution in [0.4, 0.5) is 0 Å². The Hall–Kier alpha value is -2.32. The molecule has 7 atom stereocenters. The number of phenols is 1. The maximum Gasteiger partial charge on any atom is 0.242 e. The van der Waals surface area contributed by atoms with Crippen molar-refractivity contribution in [2.75, 3.05) is 33.3 Å². The van der Waals surface area contributed by atoms with E-state index in [1.807, 2.05) is 13.2 Å². The van der Waals surface area contributed by atoms with Crippen LogP contribution in [0.5, 0.6) is 11.5 Å². The van der Waals surface area contributed by atoms with E-state index in [0.717, 1.165) is 57.4 Å². The van der Waals surface area contributed by atoms with E-state index < -0.39 is 5.60 Å². The Labute approximate surface area is 230 Å². The summed E-state index contributed by atoms with van der Waals surface area (Å²) in [5.74, 6) is 1.79. The molecule has 2 saturated heterocycles. The van der Waals surface area contributed by atoms with Crippen molar-refractivity contribution in [1.82, 2.24) is 15.1 Å². The lowest BCUT2D eigenvalue weighted by atomic mass is 9.35. The number of aromatic hydroxyl groups is 1. The van der Waals surface area contributed by atoms with Crippen LogP contribution in [0.15, 0.2) is 12.1 Å². The van der Waals surface area contributed by atoms with E-state index in [-0.39, 0.29) is 46.5 Å². The fourth-order valence-corrected chi connectivity index (χ4v) is 10.5. The first kappa shape index (κ1) is 24.5. The number of phenolic OH excluding ortho intramolecular Hbond substituents is 1. The molecule has 6 fully saturated rings. The molecular weight excluding hydrogens is 494 g/mol. The second-order valence-corrected chi connectivity index (χ2v) is 13.7. The van der Waals surface area contributed by atoms with Gasteiger partial charge in [-0.25, -0.2) is 0 Å². The van der Waals surface area contributed by atoms with Crippen molar-refractivity contribution >= 4 is 11.8 Å². The predicted octanol–water partition coefficient (Wildman–Crippen LogP) is 2.74. The monoisotopic (exact) mass is 535 g/mol. The molecule has 2 N–H and O–H groups in total. The first-order valence-electron chi connectivity index (χ1n) is 15.2.